The van der Waals surface area contributed by atoms with E-state index in [-0.39, 0.29) is 0 Å². The van der Waals surface area contributed by atoms with Gasteiger partial charge in [-0.15, -0.1) is 0 Å². The third kappa shape index (κ3) is 3.87. The van der Waals surface area contributed by atoms with Crippen LogP contribution in [0.1, 0.15) is 57.1 Å². The second-order valence-electron chi connectivity index (χ2n) is 7.22. The lowest BCUT2D eigenvalue weighted by molar-refractivity contribution is 0.176. The van der Waals surface area contributed by atoms with Gasteiger partial charge < -0.3 is 5.32 Å². The molecule has 2 unspecified atom stereocenters. The average molecular weight is 286 g/mol. The first kappa shape index (κ1) is 15.1. The Kier molecular flexibility index (Phi) is 4.97. The highest BCUT2D eigenvalue weighted by atomic mass is 15.2. The number of fused-ring (bicyclic) bond motifs is 1. The molecule has 0 spiro atoms. The van der Waals surface area contributed by atoms with Crippen molar-refractivity contribution in [3.8, 4) is 0 Å². The minimum Gasteiger partial charge on any atom is -0.310 e. The number of nitrogens with zero attached hydrogens (tertiary/aromatic N) is 1. The number of nitrogens with one attached hydrogen (secondary N) is 1. The van der Waals surface area contributed by atoms with E-state index in [0.29, 0.717) is 6.04 Å². The van der Waals surface area contributed by atoms with Gasteiger partial charge in [0.25, 0.3) is 0 Å². The summed E-state index contributed by atoms with van der Waals surface area (Å²) in [5, 5.41) is 3.48. The molecule has 21 heavy (non-hydrogen) atoms. The number of rotatable bonds is 5. The highest BCUT2D eigenvalue weighted by molar-refractivity contribution is 5.22. The second-order valence-corrected chi connectivity index (χ2v) is 7.22. The van der Waals surface area contributed by atoms with Gasteiger partial charge in [-0.3, -0.25) is 4.90 Å². The van der Waals surface area contributed by atoms with Crippen molar-refractivity contribution in [3.05, 3.63) is 35.4 Å². The molecule has 2 atom stereocenters. The van der Waals surface area contributed by atoms with E-state index >= 15 is 0 Å². The predicted molar refractivity (Wildman–Crippen MR) is 89.2 cm³/mol. The smallest absolute Gasteiger partial charge is 0.0236 e. The molecule has 0 radical (unpaired) electrons. The lowest BCUT2D eigenvalue weighted by atomic mass is 9.85. The van der Waals surface area contributed by atoms with Gasteiger partial charge in [0, 0.05) is 25.2 Å². The molecular weight excluding hydrogens is 256 g/mol. The van der Waals surface area contributed by atoms with Crippen LogP contribution in [0.2, 0.25) is 0 Å². The monoisotopic (exact) mass is 286 g/mol. The fraction of sp³-hybridized carbons (Fsp3) is 0.684. The maximum absolute atomic E-state index is 3.48. The maximum Gasteiger partial charge on any atom is 0.0236 e. The largest absolute Gasteiger partial charge is 0.310 e. The van der Waals surface area contributed by atoms with Gasteiger partial charge in [0.1, 0.15) is 0 Å². The van der Waals surface area contributed by atoms with Crippen molar-refractivity contribution in [1.82, 2.24) is 10.2 Å². The van der Waals surface area contributed by atoms with Gasteiger partial charge in [0.2, 0.25) is 0 Å². The van der Waals surface area contributed by atoms with E-state index in [9.17, 15) is 0 Å². The Morgan fingerprint density at radius 3 is 2.52 bits per heavy atom. The highest BCUT2D eigenvalue weighted by Gasteiger charge is 2.35. The van der Waals surface area contributed by atoms with E-state index in [4.69, 9.17) is 0 Å². The number of benzene rings is 1. The summed E-state index contributed by atoms with van der Waals surface area (Å²) >= 11 is 0. The summed E-state index contributed by atoms with van der Waals surface area (Å²) in [5.41, 5.74) is 2.87. The first-order valence-electron chi connectivity index (χ1n) is 8.77. The Morgan fingerprint density at radius 2 is 1.76 bits per heavy atom. The van der Waals surface area contributed by atoms with Crippen LogP contribution in [0, 0.1) is 5.92 Å². The van der Waals surface area contributed by atoms with E-state index < -0.39 is 0 Å². The summed E-state index contributed by atoms with van der Waals surface area (Å²) in [6.45, 7) is 7.84. The first-order chi connectivity index (χ1) is 10.2. The van der Waals surface area contributed by atoms with Crippen LogP contribution in [0.15, 0.2) is 24.3 Å². The first-order valence-corrected chi connectivity index (χ1v) is 8.77. The van der Waals surface area contributed by atoms with Crippen LogP contribution in [-0.4, -0.2) is 23.5 Å². The molecule has 1 N–H and O–H groups in total. The fourth-order valence-corrected chi connectivity index (χ4v) is 4.02. The van der Waals surface area contributed by atoms with Crippen molar-refractivity contribution < 1.29 is 0 Å². The van der Waals surface area contributed by atoms with Crippen molar-refractivity contribution in [2.24, 2.45) is 5.92 Å². The van der Waals surface area contributed by atoms with Crippen LogP contribution in [-0.2, 0) is 13.1 Å². The van der Waals surface area contributed by atoms with Crippen molar-refractivity contribution in [3.63, 3.8) is 0 Å². The van der Waals surface area contributed by atoms with Gasteiger partial charge in [-0.1, -0.05) is 51.0 Å². The lowest BCUT2D eigenvalue weighted by Gasteiger charge is -2.31. The van der Waals surface area contributed by atoms with Gasteiger partial charge in [-0.25, -0.2) is 0 Å². The summed E-state index contributed by atoms with van der Waals surface area (Å²) in [7, 11) is 0. The second kappa shape index (κ2) is 6.93. The molecule has 1 saturated heterocycles. The molecule has 2 heteroatoms. The van der Waals surface area contributed by atoms with E-state index in [2.05, 4.69) is 48.3 Å². The summed E-state index contributed by atoms with van der Waals surface area (Å²) in [5.74, 6) is 0.994. The molecule has 2 nitrogen and oxygen atoms in total. The Hall–Kier alpha value is -0.860. The molecule has 2 fully saturated rings. The molecule has 0 aromatic heterocycles. The number of likely N-dealkylation sites (tertiary alicyclic amines) is 1. The summed E-state index contributed by atoms with van der Waals surface area (Å²) in [6, 6.07) is 10.7. The standard InChI is InChI=1S/C19H30N2/c1-15(2)20-13-16-7-9-17(10-8-16)14-21-12-11-18-5-3-4-6-19(18)21/h7-10,15,18-20H,3-6,11-14H2,1-2H3. The topological polar surface area (TPSA) is 15.3 Å². The Labute approximate surface area is 129 Å². The molecule has 1 aromatic rings. The van der Waals surface area contributed by atoms with Crippen LogP contribution in [0.5, 0.6) is 0 Å². The van der Waals surface area contributed by atoms with Gasteiger partial charge in [0.15, 0.2) is 0 Å². The molecular formula is C19H30N2. The molecule has 1 aliphatic carbocycles. The minimum atomic E-state index is 0.553. The predicted octanol–water partition coefficient (Wildman–Crippen LogP) is 3.95. The molecule has 3 rings (SSSR count). The van der Waals surface area contributed by atoms with E-state index in [0.717, 1.165) is 25.0 Å². The molecule has 1 aromatic carbocycles. The quantitative estimate of drug-likeness (QED) is 0.881. The van der Waals surface area contributed by atoms with E-state index in [1.54, 1.807) is 0 Å². The zero-order valence-corrected chi connectivity index (χ0v) is 13.6. The van der Waals surface area contributed by atoms with Crippen molar-refractivity contribution in [2.45, 2.75) is 71.1 Å². The molecule has 0 amide bonds. The number of hydrogen-bond donors (Lipinski definition) is 1. The average Bonchev–Trinajstić information content (AvgIpc) is 2.90. The lowest BCUT2D eigenvalue weighted by Crippen LogP contribution is -2.34. The van der Waals surface area contributed by atoms with Crippen LogP contribution < -0.4 is 5.32 Å². The zero-order valence-electron chi connectivity index (χ0n) is 13.6. The maximum atomic E-state index is 3.48. The molecule has 1 aliphatic heterocycles. The van der Waals surface area contributed by atoms with Crippen molar-refractivity contribution >= 4 is 0 Å². The van der Waals surface area contributed by atoms with Crippen LogP contribution in [0.3, 0.4) is 0 Å². The molecule has 0 bridgehead atoms. The molecule has 2 aliphatic rings. The van der Waals surface area contributed by atoms with Crippen LogP contribution in [0.25, 0.3) is 0 Å². The Bertz CT molecular complexity index is 437. The molecule has 116 valence electrons. The summed E-state index contributed by atoms with van der Waals surface area (Å²) < 4.78 is 0. The SMILES string of the molecule is CC(C)NCc1ccc(CN2CCC3CCCCC32)cc1. The van der Waals surface area contributed by atoms with Gasteiger partial charge >= 0.3 is 0 Å². The Balaban J connectivity index is 1.55. The van der Waals surface area contributed by atoms with E-state index in [1.165, 1.54) is 49.8 Å². The van der Waals surface area contributed by atoms with Crippen molar-refractivity contribution in [1.29, 1.82) is 0 Å². The van der Waals surface area contributed by atoms with Gasteiger partial charge in [0.05, 0.1) is 0 Å². The molecule has 1 heterocycles. The molecule has 1 saturated carbocycles. The fourth-order valence-electron chi connectivity index (χ4n) is 4.02. The van der Waals surface area contributed by atoms with Gasteiger partial charge in [-0.2, -0.15) is 0 Å². The third-order valence-corrected chi connectivity index (χ3v) is 5.25. The number of hydrogen-bond acceptors (Lipinski definition) is 2. The van der Waals surface area contributed by atoms with Crippen molar-refractivity contribution in [2.75, 3.05) is 6.54 Å². The summed E-state index contributed by atoms with van der Waals surface area (Å²) in [6.07, 6.45) is 7.24. The minimum absolute atomic E-state index is 0.553. The normalized spacial score (nSPS) is 26.2. The third-order valence-electron chi connectivity index (χ3n) is 5.25. The van der Waals surface area contributed by atoms with Crippen LogP contribution in [0.4, 0.5) is 0 Å². The Morgan fingerprint density at radius 1 is 1.05 bits per heavy atom. The highest BCUT2D eigenvalue weighted by Crippen LogP contribution is 2.36. The van der Waals surface area contributed by atoms with Gasteiger partial charge in [-0.05, 0) is 42.9 Å². The summed E-state index contributed by atoms with van der Waals surface area (Å²) in [4.78, 5) is 2.74. The zero-order chi connectivity index (χ0) is 14.7. The van der Waals surface area contributed by atoms with Crippen LogP contribution >= 0.6 is 0 Å². The van der Waals surface area contributed by atoms with E-state index in [1.807, 2.05) is 0 Å².